The van der Waals surface area contributed by atoms with Crippen molar-refractivity contribution >= 4 is 23.3 Å². The highest BCUT2D eigenvalue weighted by atomic mass is 19.4. The number of hydrogen-bond acceptors (Lipinski definition) is 6. The van der Waals surface area contributed by atoms with Gasteiger partial charge in [0.25, 0.3) is 0 Å². The number of para-hydroxylation sites is 1. The van der Waals surface area contributed by atoms with Crippen LogP contribution in [0.25, 0.3) is 0 Å². The third-order valence-electron chi connectivity index (χ3n) is 7.29. The van der Waals surface area contributed by atoms with Crippen molar-refractivity contribution < 1.29 is 31.9 Å². The Labute approximate surface area is 225 Å². The maximum Gasteiger partial charge on any atom is 0.416 e. The third kappa shape index (κ3) is 3.42. The van der Waals surface area contributed by atoms with Crippen molar-refractivity contribution in [1.82, 2.24) is 0 Å². The van der Waals surface area contributed by atoms with Crippen LogP contribution in [0, 0.1) is 17.1 Å². The van der Waals surface area contributed by atoms with E-state index in [1.807, 2.05) is 6.07 Å². The number of cyclic esters (lactones) is 1. The molecule has 0 aliphatic carbocycles. The van der Waals surface area contributed by atoms with E-state index in [4.69, 9.17) is 10.5 Å². The zero-order valence-electron chi connectivity index (χ0n) is 20.5. The lowest BCUT2D eigenvalue weighted by Crippen LogP contribution is -2.50. The number of esters is 1. The number of nitrogens with two attached hydrogens (primary N) is 1. The van der Waals surface area contributed by atoms with Crippen LogP contribution in [0.15, 0.2) is 95.5 Å². The second-order valence-electron chi connectivity index (χ2n) is 9.44. The number of hydrogen-bond donors (Lipinski definition) is 1. The van der Waals surface area contributed by atoms with Crippen molar-refractivity contribution in [2.24, 2.45) is 5.73 Å². The first kappa shape index (κ1) is 25.2. The molecule has 200 valence electrons. The number of carbonyl (C=O) groups is 2. The second kappa shape index (κ2) is 8.71. The summed E-state index contributed by atoms with van der Waals surface area (Å²) in [5.41, 5.74) is 4.10. The number of benzene rings is 3. The normalized spacial score (nSPS) is 20.2. The number of ether oxygens (including phenoxy) is 1. The molecule has 3 heterocycles. The summed E-state index contributed by atoms with van der Waals surface area (Å²) in [5, 5.41) is 10.4. The number of anilines is 2. The fourth-order valence-corrected chi connectivity index (χ4v) is 5.68. The van der Waals surface area contributed by atoms with Crippen molar-refractivity contribution in [3.05, 3.63) is 118 Å². The van der Waals surface area contributed by atoms with Crippen LogP contribution in [0.5, 0.6) is 0 Å². The number of halogens is 4. The molecule has 3 aliphatic rings. The molecule has 0 bridgehead atoms. The van der Waals surface area contributed by atoms with Gasteiger partial charge in [-0.3, -0.25) is 9.69 Å². The molecule has 0 aromatic heterocycles. The first-order valence-electron chi connectivity index (χ1n) is 12.0. The molecule has 3 aliphatic heterocycles. The second-order valence-corrected chi connectivity index (χ2v) is 9.44. The third-order valence-corrected chi connectivity index (χ3v) is 7.29. The van der Waals surface area contributed by atoms with Crippen molar-refractivity contribution in [2.45, 2.75) is 18.1 Å². The van der Waals surface area contributed by atoms with E-state index in [2.05, 4.69) is 0 Å². The summed E-state index contributed by atoms with van der Waals surface area (Å²) >= 11 is 0. The molecule has 2 N–H and O–H groups in total. The van der Waals surface area contributed by atoms with Gasteiger partial charge < -0.3 is 15.4 Å². The molecular weight excluding hydrogens is 528 g/mol. The zero-order valence-corrected chi connectivity index (χ0v) is 20.5. The summed E-state index contributed by atoms with van der Waals surface area (Å²) in [4.78, 5) is 30.3. The Kier molecular flexibility index (Phi) is 5.48. The Morgan fingerprint density at radius 1 is 1.02 bits per heavy atom. The van der Waals surface area contributed by atoms with E-state index in [0.29, 0.717) is 11.3 Å². The Morgan fingerprint density at radius 2 is 1.77 bits per heavy atom. The largest absolute Gasteiger partial charge is 0.456 e. The van der Waals surface area contributed by atoms with E-state index in [9.17, 15) is 32.4 Å². The minimum atomic E-state index is -4.67. The molecule has 3 aromatic rings. The van der Waals surface area contributed by atoms with Crippen molar-refractivity contribution in [2.75, 3.05) is 16.4 Å². The lowest BCUT2D eigenvalue weighted by Gasteiger charge is -2.38. The van der Waals surface area contributed by atoms with Crippen LogP contribution in [0.1, 0.15) is 16.7 Å². The van der Waals surface area contributed by atoms with E-state index in [0.717, 1.165) is 17.0 Å². The number of carbonyl (C=O) groups excluding carboxylic acids is 2. The molecule has 0 radical (unpaired) electrons. The number of amides is 1. The Hall–Kier alpha value is -5.11. The Balaban J connectivity index is 1.59. The van der Waals surface area contributed by atoms with Gasteiger partial charge in [0, 0.05) is 16.9 Å². The van der Waals surface area contributed by atoms with E-state index in [-0.39, 0.29) is 47.1 Å². The molecule has 0 saturated carbocycles. The lowest BCUT2D eigenvalue weighted by atomic mass is 9.67. The van der Waals surface area contributed by atoms with Crippen LogP contribution < -0.4 is 15.5 Å². The van der Waals surface area contributed by atoms with Gasteiger partial charge in [0.1, 0.15) is 29.7 Å². The highest BCUT2D eigenvalue weighted by molar-refractivity contribution is 6.19. The lowest BCUT2D eigenvalue weighted by molar-refractivity contribution is -0.138. The maximum absolute atomic E-state index is 14.4. The highest BCUT2D eigenvalue weighted by Crippen LogP contribution is 2.56. The minimum Gasteiger partial charge on any atom is -0.456 e. The molecule has 6 rings (SSSR count). The minimum absolute atomic E-state index is 0.0524. The smallest absolute Gasteiger partial charge is 0.416 e. The molecule has 0 saturated heterocycles. The highest BCUT2D eigenvalue weighted by Gasteiger charge is 2.64. The van der Waals surface area contributed by atoms with E-state index >= 15 is 0 Å². The van der Waals surface area contributed by atoms with E-state index < -0.39 is 34.8 Å². The number of fused-ring (bicyclic) bond motifs is 3. The predicted molar refractivity (Wildman–Crippen MR) is 134 cm³/mol. The molecule has 1 spiro atoms. The van der Waals surface area contributed by atoms with Gasteiger partial charge in [-0.25, -0.2) is 9.18 Å². The quantitative estimate of drug-likeness (QED) is 0.379. The van der Waals surface area contributed by atoms with Gasteiger partial charge in [0.2, 0.25) is 5.91 Å². The Bertz CT molecular complexity index is 1720. The molecule has 40 heavy (non-hydrogen) atoms. The first-order chi connectivity index (χ1) is 19.1. The standard InChI is InChI=1S/C29H18F4N4O3/c30-18-7-3-5-16(11-18)14-36-22-10-2-1-9-20(22)28(27(36)39)21(13-34)25(35)37(23-15-40-26(38)24(23)28)19-8-4-6-17(12-19)29(31,32)33/h1-12H,14-15,35H2/t28-/m1/s1. The topological polar surface area (TPSA) is 99.7 Å². The maximum atomic E-state index is 14.4. The molecule has 3 aromatic carbocycles. The van der Waals surface area contributed by atoms with Crippen molar-refractivity contribution in [3.63, 3.8) is 0 Å². The van der Waals surface area contributed by atoms with Gasteiger partial charge in [0.15, 0.2) is 0 Å². The zero-order chi connectivity index (χ0) is 28.4. The summed E-state index contributed by atoms with van der Waals surface area (Å²) < 4.78 is 59.9. The van der Waals surface area contributed by atoms with Gasteiger partial charge in [-0.1, -0.05) is 36.4 Å². The van der Waals surface area contributed by atoms with Gasteiger partial charge in [0.05, 0.1) is 29.0 Å². The van der Waals surface area contributed by atoms with Crippen LogP contribution in [-0.4, -0.2) is 18.5 Å². The van der Waals surface area contributed by atoms with Gasteiger partial charge in [-0.15, -0.1) is 0 Å². The van der Waals surface area contributed by atoms with Crippen LogP contribution in [0.3, 0.4) is 0 Å². The van der Waals surface area contributed by atoms with Crippen molar-refractivity contribution in [1.29, 1.82) is 5.26 Å². The summed E-state index contributed by atoms with van der Waals surface area (Å²) in [5.74, 6) is -2.40. The monoisotopic (exact) mass is 546 g/mol. The molecule has 7 nitrogen and oxygen atoms in total. The summed E-state index contributed by atoms with van der Waals surface area (Å²) in [6.07, 6.45) is -4.67. The average Bonchev–Trinajstić information content (AvgIpc) is 3.41. The van der Waals surface area contributed by atoms with Crippen LogP contribution >= 0.6 is 0 Å². The van der Waals surface area contributed by atoms with E-state index in [1.165, 1.54) is 35.2 Å². The average molecular weight is 546 g/mol. The molecule has 11 heteroatoms. The van der Waals surface area contributed by atoms with Crippen LogP contribution in [-0.2, 0) is 32.5 Å². The number of rotatable bonds is 3. The van der Waals surface area contributed by atoms with Gasteiger partial charge in [-0.05, 0) is 42.0 Å². The number of alkyl halides is 3. The summed E-state index contributed by atoms with van der Waals surface area (Å²) in [6.45, 7) is -0.464. The van der Waals surface area contributed by atoms with E-state index in [1.54, 1.807) is 30.3 Å². The first-order valence-corrected chi connectivity index (χ1v) is 12.0. The summed E-state index contributed by atoms with van der Waals surface area (Å²) in [7, 11) is 0. The SMILES string of the molecule is N#CC1=C(N)N(c2cccc(C(F)(F)F)c2)C2=C(C(=O)OC2)[C@]12C(=O)N(Cc1cccc(F)c1)c1ccccc12. The van der Waals surface area contributed by atoms with Gasteiger partial charge in [-0.2, -0.15) is 18.4 Å². The predicted octanol–water partition coefficient (Wildman–Crippen LogP) is 4.65. The molecule has 0 fully saturated rings. The molecular formula is C29H18F4N4O3. The summed E-state index contributed by atoms with van der Waals surface area (Å²) in [6, 6.07) is 18.4. The molecule has 1 atom stereocenters. The molecule has 1 amide bonds. The number of nitrogens with zero attached hydrogens (tertiary/aromatic N) is 3. The van der Waals surface area contributed by atoms with Gasteiger partial charge >= 0.3 is 12.1 Å². The fraction of sp³-hybridized carbons (Fsp3) is 0.138. The Morgan fingerprint density at radius 3 is 2.50 bits per heavy atom. The van der Waals surface area contributed by atoms with Crippen LogP contribution in [0.2, 0.25) is 0 Å². The number of nitriles is 1. The fourth-order valence-electron chi connectivity index (χ4n) is 5.68. The van der Waals surface area contributed by atoms with Crippen molar-refractivity contribution in [3.8, 4) is 6.07 Å². The molecule has 0 unspecified atom stereocenters. The van der Waals surface area contributed by atoms with Crippen LogP contribution in [0.4, 0.5) is 28.9 Å².